The highest BCUT2D eigenvalue weighted by molar-refractivity contribution is 7.85. The minimum atomic E-state index is -1.38. The number of carboxylic acid groups (broad SMARTS) is 1. The third-order valence-electron chi connectivity index (χ3n) is 1.67. The van der Waals surface area contributed by atoms with Crippen LogP contribution in [-0.4, -0.2) is 25.5 Å². The molecule has 0 aliphatic heterocycles. The van der Waals surface area contributed by atoms with Gasteiger partial charge >= 0.3 is 5.97 Å². The summed E-state index contributed by atoms with van der Waals surface area (Å²) in [5.41, 5.74) is 0.880. The first-order chi connectivity index (χ1) is 6.50. The van der Waals surface area contributed by atoms with Gasteiger partial charge in [-0.15, -0.1) is 11.3 Å². The molecule has 0 amide bonds. The van der Waals surface area contributed by atoms with Gasteiger partial charge in [-0.3, -0.25) is 9.00 Å². The zero-order chi connectivity index (χ0) is 10.7. The van der Waals surface area contributed by atoms with Crippen LogP contribution in [0.5, 0.6) is 0 Å². The topological polar surface area (TPSA) is 67.3 Å². The first-order valence-corrected chi connectivity index (χ1v) is 6.28. The van der Waals surface area contributed by atoms with Crippen LogP contribution in [-0.2, 0) is 21.3 Å². The van der Waals surface area contributed by atoms with E-state index in [1.54, 1.807) is 0 Å². The van der Waals surface area contributed by atoms with E-state index in [9.17, 15) is 9.00 Å². The van der Waals surface area contributed by atoms with E-state index in [0.29, 0.717) is 0 Å². The fourth-order valence-corrected chi connectivity index (χ4v) is 2.79. The van der Waals surface area contributed by atoms with Crippen molar-refractivity contribution < 1.29 is 14.1 Å². The maximum atomic E-state index is 11.5. The predicted octanol–water partition coefficient (Wildman–Crippen LogP) is 1.17. The number of rotatable bonds is 4. The normalized spacial score (nSPS) is 15.0. The van der Waals surface area contributed by atoms with Crippen molar-refractivity contribution in [3.63, 3.8) is 0 Å². The summed E-state index contributed by atoms with van der Waals surface area (Å²) in [5, 5.41) is 10.4. The number of thiazole rings is 1. The Labute approximate surface area is 88.4 Å². The van der Waals surface area contributed by atoms with Crippen molar-refractivity contribution in [1.82, 2.24) is 4.98 Å². The number of carboxylic acids is 1. The molecule has 0 saturated heterocycles. The van der Waals surface area contributed by atoms with E-state index in [-0.39, 0.29) is 5.75 Å². The van der Waals surface area contributed by atoms with Crippen LogP contribution in [0.2, 0.25) is 0 Å². The van der Waals surface area contributed by atoms with Crippen LogP contribution in [0.3, 0.4) is 0 Å². The second-order valence-corrected chi connectivity index (χ2v) is 5.59. The molecule has 1 aromatic rings. The molecule has 2 unspecified atom stereocenters. The van der Waals surface area contributed by atoms with E-state index in [4.69, 9.17) is 5.11 Å². The average molecular weight is 233 g/mol. The molecule has 0 aliphatic carbocycles. The van der Waals surface area contributed by atoms with Crippen LogP contribution in [0.25, 0.3) is 0 Å². The van der Waals surface area contributed by atoms with Crippen molar-refractivity contribution >= 4 is 28.1 Å². The van der Waals surface area contributed by atoms with Gasteiger partial charge in [0.15, 0.2) is 0 Å². The summed E-state index contributed by atoms with van der Waals surface area (Å²) in [7, 11) is -1.38. The van der Waals surface area contributed by atoms with Crippen LogP contribution in [0, 0.1) is 6.92 Å². The molecule has 0 spiro atoms. The minimum absolute atomic E-state index is 0.228. The molecule has 2 atom stereocenters. The molecule has 0 fully saturated rings. The third-order valence-corrected chi connectivity index (χ3v) is 4.37. The number of hydrogen-bond acceptors (Lipinski definition) is 4. The highest BCUT2D eigenvalue weighted by atomic mass is 32.2. The smallest absolute Gasteiger partial charge is 0.318 e. The predicted molar refractivity (Wildman–Crippen MR) is 55.8 cm³/mol. The van der Waals surface area contributed by atoms with Gasteiger partial charge in [0.1, 0.15) is 10.3 Å². The Balaban J connectivity index is 2.61. The molecule has 0 radical (unpaired) electrons. The van der Waals surface area contributed by atoms with Crippen molar-refractivity contribution in [2.75, 3.05) is 0 Å². The Morgan fingerprint density at radius 1 is 1.79 bits per heavy atom. The molecule has 0 aromatic carbocycles. The first-order valence-electron chi connectivity index (χ1n) is 4.01. The minimum Gasteiger partial charge on any atom is -0.480 e. The zero-order valence-corrected chi connectivity index (χ0v) is 9.52. The van der Waals surface area contributed by atoms with Gasteiger partial charge in [0.2, 0.25) is 0 Å². The molecular weight excluding hydrogens is 222 g/mol. The monoisotopic (exact) mass is 233 g/mol. The molecule has 6 heteroatoms. The van der Waals surface area contributed by atoms with Gasteiger partial charge in [-0.2, -0.15) is 0 Å². The number of aromatic nitrogens is 1. The quantitative estimate of drug-likeness (QED) is 0.847. The van der Waals surface area contributed by atoms with Crippen LogP contribution in [0.1, 0.15) is 17.6 Å². The molecule has 0 bridgehead atoms. The largest absolute Gasteiger partial charge is 0.480 e. The summed E-state index contributed by atoms with van der Waals surface area (Å²) in [6.45, 7) is 3.29. The fourth-order valence-electron chi connectivity index (χ4n) is 0.828. The second-order valence-electron chi connectivity index (χ2n) is 2.89. The molecule has 78 valence electrons. The van der Waals surface area contributed by atoms with Crippen LogP contribution in [0.15, 0.2) is 5.38 Å². The van der Waals surface area contributed by atoms with Crippen molar-refractivity contribution in [3.05, 3.63) is 16.1 Å². The highest BCUT2D eigenvalue weighted by Gasteiger charge is 2.19. The number of hydrogen-bond donors (Lipinski definition) is 1. The summed E-state index contributed by atoms with van der Waals surface area (Å²) in [6, 6.07) is 0. The summed E-state index contributed by atoms with van der Waals surface area (Å²) < 4.78 is 11.5. The number of aryl methyl sites for hydroxylation is 1. The molecule has 4 nitrogen and oxygen atoms in total. The highest BCUT2D eigenvalue weighted by Crippen LogP contribution is 2.12. The molecule has 1 heterocycles. The fraction of sp³-hybridized carbons (Fsp3) is 0.500. The lowest BCUT2D eigenvalue weighted by atomic mass is 10.5. The van der Waals surface area contributed by atoms with Crippen molar-refractivity contribution in [2.45, 2.75) is 24.9 Å². The second kappa shape index (κ2) is 4.65. The van der Waals surface area contributed by atoms with E-state index in [1.165, 1.54) is 18.3 Å². The number of carbonyl (C=O) groups is 1. The van der Waals surface area contributed by atoms with Crippen molar-refractivity contribution in [3.8, 4) is 0 Å². The van der Waals surface area contributed by atoms with Gasteiger partial charge in [-0.05, 0) is 13.8 Å². The zero-order valence-electron chi connectivity index (χ0n) is 7.89. The van der Waals surface area contributed by atoms with E-state index in [2.05, 4.69) is 4.98 Å². The lowest BCUT2D eigenvalue weighted by molar-refractivity contribution is -0.136. The number of nitrogens with zero attached hydrogens (tertiary/aromatic N) is 1. The first kappa shape index (κ1) is 11.3. The third kappa shape index (κ3) is 2.88. The average Bonchev–Trinajstić information content (AvgIpc) is 2.49. The molecular formula is C8H11NO3S2. The SMILES string of the molecule is Cc1csc(CS(=O)C(C)C(=O)O)n1. The lowest BCUT2D eigenvalue weighted by Crippen LogP contribution is -2.22. The summed E-state index contributed by atoms with van der Waals surface area (Å²) in [4.78, 5) is 14.7. The Morgan fingerprint density at radius 2 is 2.43 bits per heavy atom. The summed E-state index contributed by atoms with van der Waals surface area (Å²) >= 11 is 1.41. The summed E-state index contributed by atoms with van der Waals surface area (Å²) in [5.74, 6) is -0.803. The maximum absolute atomic E-state index is 11.5. The Morgan fingerprint density at radius 3 is 2.86 bits per heavy atom. The van der Waals surface area contributed by atoms with Gasteiger partial charge in [0.25, 0.3) is 0 Å². The van der Waals surface area contributed by atoms with E-state index in [1.807, 2.05) is 12.3 Å². The molecule has 14 heavy (non-hydrogen) atoms. The maximum Gasteiger partial charge on any atom is 0.318 e. The van der Waals surface area contributed by atoms with E-state index >= 15 is 0 Å². The molecule has 1 N–H and O–H groups in total. The number of aliphatic carboxylic acids is 1. The van der Waals surface area contributed by atoms with Gasteiger partial charge < -0.3 is 5.11 Å². The van der Waals surface area contributed by atoms with E-state index < -0.39 is 22.0 Å². The molecule has 0 saturated carbocycles. The molecule has 0 aliphatic rings. The molecule has 1 aromatic heterocycles. The van der Waals surface area contributed by atoms with Crippen LogP contribution >= 0.6 is 11.3 Å². The van der Waals surface area contributed by atoms with Gasteiger partial charge in [-0.1, -0.05) is 0 Å². The summed E-state index contributed by atoms with van der Waals surface area (Å²) in [6.07, 6.45) is 0. The van der Waals surface area contributed by atoms with Crippen molar-refractivity contribution in [1.29, 1.82) is 0 Å². The van der Waals surface area contributed by atoms with Gasteiger partial charge in [0.05, 0.1) is 5.75 Å². The Kier molecular flexibility index (Phi) is 3.77. The van der Waals surface area contributed by atoms with Crippen LogP contribution in [0.4, 0.5) is 0 Å². The molecule has 1 rings (SSSR count). The standard InChI is InChI=1S/C8H11NO3S2/c1-5-3-13-7(9-5)4-14(12)6(2)8(10)11/h3,6H,4H2,1-2H3,(H,10,11). The van der Waals surface area contributed by atoms with Crippen LogP contribution < -0.4 is 0 Å². The van der Waals surface area contributed by atoms with Crippen molar-refractivity contribution in [2.24, 2.45) is 0 Å². The Bertz CT molecular complexity index is 361. The van der Waals surface area contributed by atoms with Gasteiger partial charge in [-0.25, -0.2) is 4.98 Å². The van der Waals surface area contributed by atoms with E-state index in [0.717, 1.165) is 10.7 Å². The lowest BCUT2D eigenvalue weighted by Gasteiger charge is -2.03. The Hall–Kier alpha value is -0.750. The van der Waals surface area contributed by atoms with Gasteiger partial charge in [0, 0.05) is 21.9 Å².